The van der Waals surface area contributed by atoms with Gasteiger partial charge in [0.15, 0.2) is 6.10 Å². The number of carbonyl (C=O) groups is 4. The van der Waals surface area contributed by atoms with Gasteiger partial charge in [0.2, 0.25) is 0 Å². The number of aliphatic hydroxyl groups is 2. The molecule has 2 aliphatic carbocycles. The molecule has 1 heterocycles. The molecule has 1 spiro atoms. The summed E-state index contributed by atoms with van der Waals surface area (Å²) in [5, 5.41) is 23.6. The zero-order valence-corrected chi connectivity index (χ0v) is 25.5. The lowest BCUT2D eigenvalue weighted by molar-refractivity contribution is -0.351. The summed E-state index contributed by atoms with van der Waals surface area (Å²) in [7, 11) is 0. The van der Waals surface area contributed by atoms with Gasteiger partial charge < -0.3 is 33.9 Å². The van der Waals surface area contributed by atoms with Crippen LogP contribution in [0, 0.1) is 11.3 Å². The maximum absolute atomic E-state index is 13.7. The summed E-state index contributed by atoms with van der Waals surface area (Å²) in [5.41, 5.74) is -6.59. The minimum absolute atomic E-state index is 0.181. The van der Waals surface area contributed by atoms with Crippen molar-refractivity contribution in [3.63, 3.8) is 0 Å². The van der Waals surface area contributed by atoms with Crippen LogP contribution in [0.3, 0.4) is 0 Å². The number of esters is 4. The molecule has 5 rings (SSSR count). The number of ether oxygens (including phenoxy) is 5. The highest BCUT2D eigenvalue weighted by molar-refractivity contribution is 5.90. The van der Waals surface area contributed by atoms with Gasteiger partial charge in [0.05, 0.1) is 39.8 Å². The van der Waals surface area contributed by atoms with Gasteiger partial charge in [-0.1, -0.05) is 36.4 Å². The van der Waals surface area contributed by atoms with Crippen molar-refractivity contribution in [1.82, 2.24) is 0 Å². The zero-order valence-electron chi connectivity index (χ0n) is 25.5. The average molecular weight is 611 g/mol. The van der Waals surface area contributed by atoms with E-state index in [9.17, 15) is 29.4 Å². The van der Waals surface area contributed by atoms with Crippen LogP contribution < -0.4 is 0 Å². The minimum Gasteiger partial charge on any atom is -0.459 e. The van der Waals surface area contributed by atoms with E-state index in [1.165, 1.54) is 20.8 Å². The third-order valence-corrected chi connectivity index (χ3v) is 9.43. The molecular weight excluding hydrogens is 572 g/mol. The molecule has 11 nitrogen and oxygen atoms in total. The van der Waals surface area contributed by atoms with Crippen LogP contribution in [0.4, 0.5) is 0 Å². The van der Waals surface area contributed by atoms with Gasteiger partial charge in [0.25, 0.3) is 0 Å². The van der Waals surface area contributed by atoms with Crippen molar-refractivity contribution < 1.29 is 53.1 Å². The van der Waals surface area contributed by atoms with Crippen molar-refractivity contribution in [3.8, 4) is 0 Å². The second-order valence-electron chi connectivity index (χ2n) is 12.8. The Hall–Kier alpha value is -3.80. The van der Waals surface area contributed by atoms with E-state index in [1.54, 1.807) is 74.5 Å². The first-order valence-corrected chi connectivity index (χ1v) is 14.5. The lowest BCUT2D eigenvalue weighted by atomic mass is 9.46. The molecular formula is C33H38O11. The highest BCUT2D eigenvalue weighted by Crippen LogP contribution is 2.69. The maximum atomic E-state index is 13.7. The summed E-state index contributed by atoms with van der Waals surface area (Å²) < 4.78 is 30.9. The smallest absolute Gasteiger partial charge is 0.338 e. The van der Waals surface area contributed by atoms with E-state index in [2.05, 4.69) is 0 Å². The first kappa shape index (κ1) is 31.6. The van der Waals surface area contributed by atoms with Crippen molar-refractivity contribution in [2.75, 3.05) is 0 Å². The Morgan fingerprint density at radius 1 is 0.727 bits per heavy atom. The number of fused-ring (bicyclic) bond motifs is 1. The number of hydrogen-bond acceptors (Lipinski definition) is 11. The summed E-state index contributed by atoms with van der Waals surface area (Å²) in [6, 6.07) is 16.3. The molecule has 1 unspecified atom stereocenters. The van der Waals surface area contributed by atoms with Crippen LogP contribution in [-0.2, 0) is 33.3 Å². The highest BCUT2D eigenvalue weighted by Gasteiger charge is 2.86. The molecule has 1 aliphatic heterocycles. The fourth-order valence-corrected chi connectivity index (χ4v) is 7.88. The Labute approximate surface area is 255 Å². The summed E-state index contributed by atoms with van der Waals surface area (Å²) in [6.45, 7) is 8.69. The monoisotopic (exact) mass is 610 g/mol. The molecule has 0 amide bonds. The number of hydrogen-bond donors (Lipinski definition) is 2. The van der Waals surface area contributed by atoms with E-state index in [0.29, 0.717) is 0 Å². The lowest BCUT2D eigenvalue weighted by Gasteiger charge is -2.65. The molecule has 3 fully saturated rings. The minimum atomic E-state index is -1.93. The lowest BCUT2D eigenvalue weighted by Crippen LogP contribution is -2.83. The zero-order chi connectivity index (χ0) is 32.2. The Balaban J connectivity index is 1.78. The van der Waals surface area contributed by atoms with Gasteiger partial charge in [0, 0.05) is 20.3 Å². The van der Waals surface area contributed by atoms with Gasteiger partial charge in [-0.05, 0) is 52.0 Å². The second-order valence-corrected chi connectivity index (χ2v) is 12.8. The molecule has 2 N–H and O–H groups in total. The normalized spacial score (nSPS) is 36.8. The molecule has 9 atom stereocenters. The molecule has 2 bridgehead atoms. The quantitative estimate of drug-likeness (QED) is 0.366. The Morgan fingerprint density at radius 3 is 1.70 bits per heavy atom. The molecule has 1 saturated heterocycles. The van der Waals surface area contributed by atoms with E-state index in [-0.39, 0.29) is 17.5 Å². The molecule has 0 radical (unpaired) electrons. The molecule has 2 aromatic rings. The van der Waals surface area contributed by atoms with Crippen LogP contribution in [0.15, 0.2) is 60.7 Å². The van der Waals surface area contributed by atoms with Crippen LogP contribution in [0.25, 0.3) is 0 Å². The van der Waals surface area contributed by atoms with Crippen LogP contribution in [0.1, 0.15) is 68.7 Å². The summed E-state index contributed by atoms with van der Waals surface area (Å²) in [4.78, 5) is 52.5. The summed E-state index contributed by atoms with van der Waals surface area (Å²) >= 11 is 0. The molecule has 2 saturated carbocycles. The predicted molar refractivity (Wildman–Crippen MR) is 153 cm³/mol. The van der Waals surface area contributed by atoms with Crippen molar-refractivity contribution >= 4 is 23.9 Å². The molecule has 44 heavy (non-hydrogen) atoms. The Morgan fingerprint density at radius 2 is 1.20 bits per heavy atom. The number of carbonyl (C=O) groups excluding carboxylic acids is 4. The third kappa shape index (κ3) is 4.78. The van der Waals surface area contributed by atoms with Gasteiger partial charge in [0.1, 0.15) is 23.9 Å². The number of aliphatic hydroxyl groups excluding tert-OH is 1. The molecule has 3 aliphatic rings. The largest absolute Gasteiger partial charge is 0.459 e. The topological polar surface area (TPSA) is 155 Å². The summed E-state index contributed by atoms with van der Waals surface area (Å²) in [6.07, 6.45) is -7.41. The van der Waals surface area contributed by atoms with Crippen molar-refractivity contribution in [3.05, 3.63) is 71.8 Å². The molecule has 11 heteroatoms. The van der Waals surface area contributed by atoms with Gasteiger partial charge in [-0.2, -0.15) is 0 Å². The Bertz CT molecular complexity index is 1440. The van der Waals surface area contributed by atoms with E-state index < -0.39 is 82.5 Å². The first-order chi connectivity index (χ1) is 20.6. The van der Waals surface area contributed by atoms with Crippen LogP contribution >= 0.6 is 0 Å². The van der Waals surface area contributed by atoms with Crippen LogP contribution in [0.5, 0.6) is 0 Å². The van der Waals surface area contributed by atoms with Crippen molar-refractivity contribution in [1.29, 1.82) is 0 Å². The first-order valence-electron chi connectivity index (χ1n) is 14.5. The van der Waals surface area contributed by atoms with E-state index in [1.807, 2.05) is 0 Å². The van der Waals surface area contributed by atoms with Gasteiger partial charge in [-0.25, -0.2) is 9.59 Å². The van der Waals surface area contributed by atoms with Crippen molar-refractivity contribution in [2.45, 2.75) is 95.3 Å². The van der Waals surface area contributed by atoms with Crippen molar-refractivity contribution in [2.24, 2.45) is 11.3 Å². The summed E-state index contributed by atoms with van der Waals surface area (Å²) in [5.74, 6) is -4.01. The maximum Gasteiger partial charge on any atom is 0.338 e. The molecule has 0 aromatic heterocycles. The molecule has 2 aromatic carbocycles. The standard InChI is InChI=1S/C33H38O11/c1-18(34)40-25-22(36)17-31(5,39)33-26(41-19(2)35)23(30(3,4)44-33)24(42-28(37)20-13-9-7-10-14-20)27(32(25,33)6)43-29(38)21-15-11-8-12-16-21/h7-16,22-27,36,39H,17H2,1-6H3/t22-,23+,24-,25-,26?,27-,31-,32-,33-/m0/s1. The molecule has 236 valence electrons. The van der Waals surface area contributed by atoms with E-state index in [0.717, 1.165) is 6.92 Å². The number of benzene rings is 2. The van der Waals surface area contributed by atoms with E-state index >= 15 is 0 Å². The fourth-order valence-electron chi connectivity index (χ4n) is 7.88. The van der Waals surface area contributed by atoms with Crippen LogP contribution in [0.2, 0.25) is 0 Å². The fraction of sp³-hybridized carbons (Fsp3) is 0.515. The third-order valence-electron chi connectivity index (χ3n) is 9.43. The second kappa shape index (κ2) is 11.0. The highest BCUT2D eigenvalue weighted by atomic mass is 16.6. The Kier molecular flexibility index (Phi) is 7.89. The van der Waals surface area contributed by atoms with Gasteiger partial charge in [-0.15, -0.1) is 0 Å². The predicted octanol–water partition coefficient (Wildman–Crippen LogP) is 3.00. The SMILES string of the molecule is CC(=O)OC1[C@H]2[C@H](OC(=O)c3ccccc3)[C@H](OC(=O)c3ccccc3)[C@]3(C)[C@@H](OC(C)=O)[C@@H](O)C[C@](C)(O)[C@@]13OC2(C)C. The van der Waals surface area contributed by atoms with Crippen LogP contribution in [-0.4, -0.2) is 81.4 Å². The average Bonchev–Trinajstić information content (AvgIpc) is 3.16. The van der Waals surface area contributed by atoms with E-state index in [4.69, 9.17) is 23.7 Å². The number of rotatable bonds is 6. The van der Waals surface area contributed by atoms with Gasteiger partial charge >= 0.3 is 23.9 Å². The van der Waals surface area contributed by atoms with Gasteiger partial charge in [-0.3, -0.25) is 9.59 Å².